The van der Waals surface area contributed by atoms with Gasteiger partial charge in [-0.15, -0.1) is 11.3 Å². The third-order valence-corrected chi connectivity index (χ3v) is 8.11. The number of rotatable bonds is 7. The number of hydrogen-bond donors (Lipinski definition) is 2. The molecule has 0 radical (unpaired) electrons. The molecule has 21 heavy (non-hydrogen) atoms. The van der Waals surface area contributed by atoms with Crippen LogP contribution in [0.4, 0.5) is 0 Å². The van der Waals surface area contributed by atoms with Gasteiger partial charge in [-0.2, -0.15) is 11.8 Å². The van der Waals surface area contributed by atoms with E-state index in [9.17, 15) is 8.42 Å². The Labute approximate surface area is 136 Å². The third-order valence-electron chi connectivity index (χ3n) is 3.57. The summed E-state index contributed by atoms with van der Waals surface area (Å²) in [5, 5.41) is 3.67. The molecule has 0 bridgehead atoms. The number of nitrogens with one attached hydrogen (secondary N) is 2. The van der Waals surface area contributed by atoms with Gasteiger partial charge in [0.25, 0.3) is 0 Å². The first kappa shape index (κ1) is 17.3. The first-order chi connectivity index (χ1) is 10.0. The van der Waals surface area contributed by atoms with Gasteiger partial charge in [-0.05, 0) is 43.7 Å². The summed E-state index contributed by atoms with van der Waals surface area (Å²) in [7, 11) is -3.36. The lowest BCUT2D eigenvalue weighted by Gasteiger charge is -2.21. The average molecular weight is 349 g/mol. The molecule has 0 amide bonds. The second kappa shape index (κ2) is 7.97. The van der Waals surface area contributed by atoms with E-state index in [1.54, 1.807) is 6.07 Å². The summed E-state index contributed by atoms with van der Waals surface area (Å²) in [6, 6.07) is 1.79. The maximum Gasteiger partial charge on any atom is 0.250 e. The van der Waals surface area contributed by atoms with Crippen molar-refractivity contribution in [2.45, 2.75) is 49.1 Å². The minimum Gasteiger partial charge on any atom is -0.312 e. The van der Waals surface area contributed by atoms with Gasteiger partial charge in [-0.3, -0.25) is 0 Å². The summed E-state index contributed by atoms with van der Waals surface area (Å²) < 4.78 is 28.0. The molecule has 7 heteroatoms. The van der Waals surface area contributed by atoms with Crippen LogP contribution in [0.1, 0.15) is 36.6 Å². The predicted molar refractivity (Wildman–Crippen MR) is 91.7 cm³/mol. The molecule has 0 aromatic carbocycles. The van der Waals surface area contributed by atoms with E-state index in [-0.39, 0.29) is 0 Å². The lowest BCUT2D eigenvalue weighted by Crippen LogP contribution is -2.31. The van der Waals surface area contributed by atoms with Gasteiger partial charge < -0.3 is 5.32 Å². The molecule has 1 aliphatic rings. The van der Waals surface area contributed by atoms with E-state index >= 15 is 0 Å². The molecular formula is C14H24N2O2S3. The van der Waals surface area contributed by atoms with Crippen molar-refractivity contribution in [3.8, 4) is 0 Å². The summed E-state index contributed by atoms with van der Waals surface area (Å²) in [6.45, 7) is 6.19. The Morgan fingerprint density at radius 2 is 2.19 bits per heavy atom. The zero-order valence-electron chi connectivity index (χ0n) is 12.6. The number of hydrogen-bond acceptors (Lipinski definition) is 5. The van der Waals surface area contributed by atoms with Crippen molar-refractivity contribution in [1.29, 1.82) is 0 Å². The van der Waals surface area contributed by atoms with Crippen molar-refractivity contribution in [2.75, 3.05) is 18.8 Å². The number of aryl methyl sites for hydroxylation is 1. The first-order valence-corrected chi connectivity index (χ1v) is 10.8. The van der Waals surface area contributed by atoms with Crippen LogP contribution in [0, 0.1) is 6.92 Å². The Morgan fingerprint density at radius 3 is 2.86 bits per heavy atom. The molecule has 2 rings (SSSR count). The third kappa shape index (κ3) is 4.96. The second-order valence-corrected chi connectivity index (χ2v) is 9.83. The molecule has 2 N–H and O–H groups in total. The van der Waals surface area contributed by atoms with Gasteiger partial charge in [-0.25, -0.2) is 13.1 Å². The van der Waals surface area contributed by atoms with Crippen LogP contribution in [0.25, 0.3) is 0 Å². The van der Waals surface area contributed by atoms with Crippen molar-refractivity contribution in [1.82, 2.24) is 10.0 Å². The van der Waals surface area contributed by atoms with E-state index in [4.69, 9.17) is 0 Å². The molecule has 0 spiro atoms. The van der Waals surface area contributed by atoms with Crippen LogP contribution in [-0.2, 0) is 16.6 Å². The standard InChI is InChI=1S/C14H24N2O2S3/c1-3-15-10-13-11(2)8-14(20-13)21(17,18)16-9-12-6-4-5-7-19-12/h8,12,15-16H,3-7,9-10H2,1-2H3. The zero-order chi connectivity index (χ0) is 15.3. The molecule has 4 nitrogen and oxygen atoms in total. The van der Waals surface area contributed by atoms with E-state index in [1.165, 1.54) is 24.2 Å². The number of thioether (sulfide) groups is 1. The second-order valence-electron chi connectivity index (χ2n) is 5.29. The van der Waals surface area contributed by atoms with Crippen molar-refractivity contribution in [3.05, 3.63) is 16.5 Å². The molecular weight excluding hydrogens is 324 g/mol. The summed E-state index contributed by atoms with van der Waals surface area (Å²) in [6.07, 6.45) is 3.58. The molecule has 120 valence electrons. The molecule has 1 fully saturated rings. The van der Waals surface area contributed by atoms with Crippen LogP contribution in [0.5, 0.6) is 0 Å². The molecule has 2 heterocycles. The minimum atomic E-state index is -3.36. The SMILES string of the molecule is CCNCc1sc(S(=O)(=O)NCC2CCCCS2)cc1C. The van der Waals surface area contributed by atoms with Crippen LogP contribution < -0.4 is 10.0 Å². The highest BCUT2D eigenvalue weighted by Gasteiger charge is 2.21. The van der Waals surface area contributed by atoms with Crippen molar-refractivity contribution in [3.63, 3.8) is 0 Å². The topological polar surface area (TPSA) is 58.2 Å². The molecule has 1 atom stereocenters. The van der Waals surface area contributed by atoms with Gasteiger partial charge in [0.15, 0.2) is 0 Å². The molecule has 1 aliphatic heterocycles. The molecule has 1 aromatic rings. The predicted octanol–water partition coefficient (Wildman–Crippen LogP) is 2.73. The Kier molecular flexibility index (Phi) is 6.55. The van der Waals surface area contributed by atoms with Gasteiger partial charge in [-0.1, -0.05) is 13.3 Å². The maximum atomic E-state index is 12.4. The number of thiophene rings is 1. The van der Waals surface area contributed by atoms with Crippen molar-refractivity contribution >= 4 is 33.1 Å². The van der Waals surface area contributed by atoms with Crippen LogP contribution >= 0.6 is 23.1 Å². The molecule has 0 aliphatic carbocycles. The van der Waals surface area contributed by atoms with Crippen molar-refractivity contribution in [2.24, 2.45) is 0 Å². The molecule has 1 aromatic heterocycles. The summed E-state index contributed by atoms with van der Waals surface area (Å²) in [4.78, 5) is 1.10. The highest BCUT2D eigenvalue weighted by atomic mass is 32.2. The van der Waals surface area contributed by atoms with Gasteiger partial charge in [0, 0.05) is 23.2 Å². The monoisotopic (exact) mass is 348 g/mol. The lowest BCUT2D eigenvalue weighted by molar-refractivity contribution is 0.575. The van der Waals surface area contributed by atoms with Crippen LogP contribution in [0.3, 0.4) is 0 Å². The highest BCUT2D eigenvalue weighted by molar-refractivity contribution is 8.00. The van der Waals surface area contributed by atoms with Crippen molar-refractivity contribution < 1.29 is 8.42 Å². The maximum absolute atomic E-state index is 12.4. The van der Waals surface area contributed by atoms with E-state index < -0.39 is 10.0 Å². The minimum absolute atomic E-state index is 0.427. The highest BCUT2D eigenvalue weighted by Crippen LogP contribution is 2.27. The van der Waals surface area contributed by atoms with Crippen LogP contribution in [-0.4, -0.2) is 32.5 Å². The van der Waals surface area contributed by atoms with E-state index in [2.05, 4.69) is 10.0 Å². The average Bonchev–Trinajstić information content (AvgIpc) is 2.86. The van der Waals surface area contributed by atoms with Gasteiger partial charge in [0.05, 0.1) is 0 Å². The fourth-order valence-electron chi connectivity index (χ4n) is 2.28. The fourth-order valence-corrected chi connectivity index (χ4v) is 6.31. The molecule has 1 unspecified atom stereocenters. The Balaban J connectivity index is 1.98. The summed E-state index contributed by atoms with van der Waals surface area (Å²) in [5.74, 6) is 1.15. The fraction of sp³-hybridized carbons (Fsp3) is 0.714. The van der Waals surface area contributed by atoms with Gasteiger partial charge in [0.1, 0.15) is 4.21 Å². The Hall–Kier alpha value is -0.0800. The van der Waals surface area contributed by atoms with E-state index in [1.807, 2.05) is 25.6 Å². The Morgan fingerprint density at radius 1 is 1.38 bits per heavy atom. The smallest absolute Gasteiger partial charge is 0.250 e. The van der Waals surface area contributed by atoms with Gasteiger partial charge in [0.2, 0.25) is 10.0 Å². The quantitative estimate of drug-likeness (QED) is 0.795. The lowest BCUT2D eigenvalue weighted by atomic mass is 10.2. The van der Waals surface area contributed by atoms with E-state index in [0.29, 0.717) is 16.0 Å². The largest absolute Gasteiger partial charge is 0.312 e. The van der Waals surface area contributed by atoms with Gasteiger partial charge >= 0.3 is 0 Å². The zero-order valence-corrected chi connectivity index (χ0v) is 15.1. The Bertz CT molecular complexity index is 549. The number of sulfonamides is 1. The molecule has 0 saturated carbocycles. The summed E-state index contributed by atoms with van der Waals surface area (Å²) in [5.41, 5.74) is 1.05. The van der Waals surface area contributed by atoms with Crippen LogP contribution in [0.15, 0.2) is 10.3 Å². The van der Waals surface area contributed by atoms with Crippen LogP contribution in [0.2, 0.25) is 0 Å². The molecule has 1 saturated heterocycles. The summed E-state index contributed by atoms with van der Waals surface area (Å²) >= 11 is 3.26. The first-order valence-electron chi connectivity index (χ1n) is 7.44. The normalized spacial score (nSPS) is 19.8. The van der Waals surface area contributed by atoms with E-state index in [0.717, 1.165) is 35.7 Å².